The van der Waals surface area contributed by atoms with Gasteiger partial charge in [-0.3, -0.25) is 9.48 Å². The molecule has 0 bridgehead atoms. The highest BCUT2D eigenvalue weighted by Gasteiger charge is 2.41. The molecule has 134 valence electrons. The van der Waals surface area contributed by atoms with E-state index in [-0.39, 0.29) is 6.54 Å². The Morgan fingerprint density at radius 3 is 2.73 bits per heavy atom. The van der Waals surface area contributed by atoms with Gasteiger partial charge in [-0.05, 0) is 24.6 Å². The molecule has 0 spiro atoms. The number of nitrogens with zero attached hydrogens (tertiary/aromatic N) is 2. The van der Waals surface area contributed by atoms with Crippen molar-refractivity contribution < 1.29 is 23.5 Å². The predicted octanol–water partition coefficient (Wildman–Crippen LogP) is 4.14. The first kappa shape index (κ1) is 18.2. The minimum absolute atomic E-state index is 0.169. The highest BCUT2D eigenvalue weighted by molar-refractivity contribution is 9.10. The molecule has 0 fully saturated rings. The van der Waals surface area contributed by atoms with Crippen LogP contribution < -0.4 is 0 Å². The lowest BCUT2D eigenvalue weighted by molar-refractivity contribution is -0.166. The molecule has 0 unspecified atom stereocenters. The lowest BCUT2D eigenvalue weighted by atomic mass is 10.1. The van der Waals surface area contributed by atoms with Crippen molar-refractivity contribution >= 4 is 39.1 Å². The first-order valence-corrected chi connectivity index (χ1v) is 8.36. The minimum Gasteiger partial charge on any atom is -0.477 e. The molecule has 1 aromatic heterocycles. The molecule has 0 saturated carbocycles. The fraction of sp³-hybridized carbons (Fsp3) is 0.167. The van der Waals surface area contributed by atoms with E-state index in [1.165, 1.54) is 10.7 Å². The smallest absolute Gasteiger partial charge is 0.379 e. The molecule has 0 aliphatic carbocycles. The van der Waals surface area contributed by atoms with E-state index in [1.807, 2.05) is 0 Å². The highest BCUT2D eigenvalue weighted by atomic mass is 79.9. The Kier molecular flexibility index (Phi) is 4.62. The van der Waals surface area contributed by atoms with Gasteiger partial charge in [-0.2, -0.15) is 13.9 Å². The van der Waals surface area contributed by atoms with Crippen LogP contribution in [0.15, 0.2) is 40.9 Å². The van der Waals surface area contributed by atoms with Crippen molar-refractivity contribution in [3.8, 4) is 0 Å². The van der Waals surface area contributed by atoms with Crippen molar-refractivity contribution in [3.05, 3.63) is 63.3 Å². The maximum absolute atomic E-state index is 13.9. The van der Waals surface area contributed by atoms with Gasteiger partial charge in [-0.25, -0.2) is 4.79 Å². The number of halogens is 3. The molecule has 2 aromatic carbocycles. The number of benzene rings is 2. The second-order valence-electron chi connectivity index (χ2n) is 5.78. The van der Waals surface area contributed by atoms with E-state index in [0.717, 1.165) is 12.1 Å². The van der Waals surface area contributed by atoms with Crippen molar-refractivity contribution in [1.29, 1.82) is 0 Å². The van der Waals surface area contributed by atoms with E-state index in [2.05, 4.69) is 21.0 Å². The molecule has 3 rings (SSSR count). The number of rotatable bonds is 5. The summed E-state index contributed by atoms with van der Waals surface area (Å²) >= 11 is 3.38. The van der Waals surface area contributed by atoms with Crippen LogP contribution in [0.5, 0.6) is 0 Å². The number of carbonyl (C=O) groups excluding carboxylic acids is 1. The van der Waals surface area contributed by atoms with Gasteiger partial charge < -0.3 is 5.11 Å². The van der Waals surface area contributed by atoms with Crippen molar-refractivity contribution in [2.45, 2.75) is 19.4 Å². The molecule has 5 nitrogen and oxygen atoms in total. The fourth-order valence-corrected chi connectivity index (χ4v) is 3.29. The maximum Gasteiger partial charge on any atom is 0.379 e. The van der Waals surface area contributed by atoms with E-state index in [0.29, 0.717) is 38.5 Å². The standard InChI is InChI=1S/C18H13BrF2N2O3/c1-10-13-6-5-12(18(20,21)17(25)26)7-16(13)23(22-10)8-14-11(9-24)3-2-4-15(14)19/h2-7,9H,8H2,1H3,(H,25,26). The zero-order valence-electron chi connectivity index (χ0n) is 13.5. The number of fused-ring (bicyclic) bond motifs is 1. The summed E-state index contributed by atoms with van der Waals surface area (Å²) in [6.45, 7) is 1.90. The van der Waals surface area contributed by atoms with E-state index in [1.54, 1.807) is 25.1 Å². The number of aldehydes is 1. The molecule has 0 aliphatic heterocycles. The number of aryl methyl sites for hydroxylation is 1. The summed E-state index contributed by atoms with van der Waals surface area (Å²) < 4.78 is 29.9. The third-order valence-electron chi connectivity index (χ3n) is 4.16. The Hall–Kier alpha value is -2.61. The second kappa shape index (κ2) is 6.60. The van der Waals surface area contributed by atoms with Crippen LogP contribution in [-0.2, 0) is 17.3 Å². The first-order valence-electron chi connectivity index (χ1n) is 7.57. The van der Waals surface area contributed by atoms with E-state index in [9.17, 15) is 18.4 Å². The molecule has 0 atom stereocenters. The van der Waals surface area contributed by atoms with Gasteiger partial charge in [0.05, 0.1) is 17.8 Å². The largest absolute Gasteiger partial charge is 0.477 e. The fourth-order valence-electron chi connectivity index (χ4n) is 2.78. The maximum atomic E-state index is 13.9. The minimum atomic E-state index is -4.00. The van der Waals surface area contributed by atoms with Crippen LogP contribution >= 0.6 is 15.9 Å². The SMILES string of the molecule is Cc1nn(Cc2c(Br)cccc2C=O)c2cc(C(F)(F)C(=O)O)ccc12. The summed E-state index contributed by atoms with van der Waals surface area (Å²) in [6, 6.07) is 8.78. The predicted molar refractivity (Wildman–Crippen MR) is 94.6 cm³/mol. The molecule has 0 saturated heterocycles. The van der Waals surface area contributed by atoms with Gasteiger partial charge in [-0.15, -0.1) is 0 Å². The van der Waals surface area contributed by atoms with Crippen LogP contribution in [0.4, 0.5) is 8.78 Å². The zero-order valence-corrected chi connectivity index (χ0v) is 15.1. The van der Waals surface area contributed by atoms with Gasteiger partial charge in [0.25, 0.3) is 0 Å². The lowest BCUT2D eigenvalue weighted by Gasteiger charge is -2.13. The number of carboxylic acids is 1. The Bertz CT molecular complexity index is 1030. The van der Waals surface area contributed by atoms with Gasteiger partial charge in [-0.1, -0.05) is 40.2 Å². The molecule has 0 amide bonds. The lowest BCUT2D eigenvalue weighted by Crippen LogP contribution is -2.25. The van der Waals surface area contributed by atoms with E-state index in [4.69, 9.17) is 5.11 Å². The van der Waals surface area contributed by atoms with E-state index >= 15 is 0 Å². The van der Waals surface area contributed by atoms with Crippen LogP contribution in [0.25, 0.3) is 10.9 Å². The summed E-state index contributed by atoms with van der Waals surface area (Å²) in [5.41, 5.74) is 1.47. The summed E-state index contributed by atoms with van der Waals surface area (Å²) in [5.74, 6) is -6.22. The molecule has 8 heteroatoms. The molecule has 0 radical (unpaired) electrons. The summed E-state index contributed by atoms with van der Waals surface area (Å²) in [6.07, 6.45) is 0.711. The molecule has 1 N–H and O–H groups in total. The molecular formula is C18H13BrF2N2O3. The van der Waals surface area contributed by atoms with E-state index < -0.39 is 17.5 Å². The van der Waals surface area contributed by atoms with Gasteiger partial charge in [0.15, 0.2) is 0 Å². The molecule has 0 aliphatic rings. The van der Waals surface area contributed by atoms with Crippen molar-refractivity contribution in [3.63, 3.8) is 0 Å². The van der Waals surface area contributed by atoms with Crippen molar-refractivity contribution in [2.75, 3.05) is 0 Å². The number of carboxylic acid groups (broad SMARTS) is 1. The summed E-state index contributed by atoms with van der Waals surface area (Å²) in [4.78, 5) is 22.1. The number of alkyl halides is 2. The average Bonchev–Trinajstić information content (AvgIpc) is 2.92. The Morgan fingerprint density at radius 1 is 1.35 bits per heavy atom. The topological polar surface area (TPSA) is 72.2 Å². The highest BCUT2D eigenvalue weighted by Crippen LogP contribution is 2.32. The number of aliphatic carboxylic acids is 1. The van der Waals surface area contributed by atoms with Gasteiger partial charge in [0.1, 0.15) is 6.29 Å². The van der Waals surface area contributed by atoms with Crippen molar-refractivity contribution in [2.24, 2.45) is 0 Å². The number of carbonyl (C=O) groups is 2. The van der Waals surface area contributed by atoms with Crippen LogP contribution in [0.2, 0.25) is 0 Å². The number of hydrogen-bond donors (Lipinski definition) is 1. The Labute approximate surface area is 155 Å². The van der Waals surface area contributed by atoms with Crippen LogP contribution in [0.1, 0.15) is 27.2 Å². The molecular weight excluding hydrogens is 410 g/mol. The van der Waals surface area contributed by atoms with Crippen LogP contribution in [0.3, 0.4) is 0 Å². The Morgan fingerprint density at radius 2 is 2.08 bits per heavy atom. The normalized spacial score (nSPS) is 11.7. The Balaban J connectivity index is 2.16. The zero-order chi connectivity index (χ0) is 19.1. The molecule has 3 aromatic rings. The quantitative estimate of drug-likeness (QED) is 0.627. The first-order chi connectivity index (χ1) is 12.3. The summed E-state index contributed by atoms with van der Waals surface area (Å²) in [7, 11) is 0. The number of hydrogen-bond acceptors (Lipinski definition) is 3. The summed E-state index contributed by atoms with van der Waals surface area (Å²) in [5, 5.41) is 13.8. The van der Waals surface area contributed by atoms with Crippen LogP contribution in [-0.4, -0.2) is 27.1 Å². The number of aromatic nitrogens is 2. The third-order valence-corrected chi connectivity index (χ3v) is 4.90. The van der Waals surface area contributed by atoms with Crippen molar-refractivity contribution in [1.82, 2.24) is 9.78 Å². The average molecular weight is 423 g/mol. The van der Waals surface area contributed by atoms with Gasteiger partial charge in [0, 0.05) is 21.0 Å². The second-order valence-corrected chi connectivity index (χ2v) is 6.63. The molecule has 26 heavy (non-hydrogen) atoms. The van der Waals surface area contributed by atoms with Gasteiger partial charge >= 0.3 is 11.9 Å². The third kappa shape index (κ3) is 3.01. The van der Waals surface area contributed by atoms with Gasteiger partial charge in [0.2, 0.25) is 0 Å². The monoisotopic (exact) mass is 422 g/mol. The van der Waals surface area contributed by atoms with Crippen LogP contribution in [0, 0.1) is 6.92 Å². The molecule has 1 heterocycles.